The number of rotatable bonds is 2. The minimum Gasteiger partial charge on any atom is -0.0944 e. The first-order valence-electron chi connectivity index (χ1n) is 4.56. The molecule has 0 nitrogen and oxygen atoms in total. The van der Waals surface area contributed by atoms with Crippen LogP contribution in [0.1, 0.15) is 25.7 Å². The van der Waals surface area contributed by atoms with Crippen LogP contribution in [0.15, 0.2) is 0 Å². The Bertz CT molecular complexity index is 151. The van der Waals surface area contributed by atoms with Crippen molar-refractivity contribution in [3.8, 4) is 0 Å². The molecule has 1 fully saturated rings. The molecule has 0 aliphatic heterocycles. The molecule has 0 amide bonds. The third kappa shape index (κ3) is 2.37. The maximum absolute atomic E-state index is 5.51. The number of thiocarbonyl (C=S) groups is 1. The van der Waals surface area contributed by atoms with Gasteiger partial charge in [0.2, 0.25) is 0 Å². The molecule has 0 heterocycles. The van der Waals surface area contributed by atoms with E-state index < -0.39 is 8.07 Å². The monoisotopic (exact) mass is 186 g/mol. The summed E-state index contributed by atoms with van der Waals surface area (Å²) in [5.41, 5.74) is 0. The van der Waals surface area contributed by atoms with Crippen molar-refractivity contribution in [3.63, 3.8) is 0 Å². The van der Waals surface area contributed by atoms with Crippen LogP contribution in [0.2, 0.25) is 19.6 Å². The van der Waals surface area contributed by atoms with Crippen LogP contribution in [0.25, 0.3) is 0 Å². The van der Waals surface area contributed by atoms with Gasteiger partial charge in [0.25, 0.3) is 0 Å². The van der Waals surface area contributed by atoms with Crippen LogP contribution in [0.5, 0.6) is 0 Å². The van der Waals surface area contributed by atoms with Crippen LogP contribution in [0.4, 0.5) is 0 Å². The van der Waals surface area contributed by atoms with Gasteiger partial charge in [-0.05, 0) is 23.2 Å². The Morgan fingerprint density at radius 3 is 2.00 bits per heavy atom. The second kappa shape index (κ2) is 3.36. The molecule has 0 radical (unpaired) electrons. The van der Waals surface area contributed by atoms with Crippen LogP contribution in [-0.2, 0) is 0 Å². The van der Waals surface area contributed by atoms with Gasteiger partial charge in [-0.1, -0.05) is 44.7 Å². The quantitative estimate of drug-likeness (QED) is 0.470. The van der Waals surface area contributed by atoms with Gasteiger partial charge in [-0.3, -0.25) is 0 Å². The highest BCUT2D eigenvalue weighted by Crippen LogP contribution is 2.29. The molecule has 0 aromatic rings. The zero-order valence-corrected chi connectivity index (χ0v) is 9.63. The van der Waals surface area contributed by atoms with Gasteiger partial charge in [-0.25, -0.2) is 0 Å². The molecule has 0 spiro atoms. The zero-order chi connectivity index (χ0) is 8.48. The van der Waals surface area contributed by atoms with Crippen molar-refractivity contribution >= 4 is 24.8 Å². The van der Waals surface area contributed by atoms with Gasteiger partial charge in [0.1, 0.15) is 0 Å². The molecule has 0 saturated heterocycles. The largest absolute Gasteiger partial charge is 0.0944 e. The van der Waals surface area contributed by atoms with Gasteiger partial charge in [0, 0.05) is 0 Å². The van der Waals surface area contributed by atoms with Crippen molar-refractivity contribution in [2.24, 2.45) is 5.92 Å². The van der Waals surface area contributed by atoms with Gasteiger partial charge in [-0.15, -0.1) is 0 Å². The summed E-state index contributed by atoms with van der Waals surface area (Å²) in [6, 6.07) is 0. The molecular weight excluding hydrogens is 168 g/mol. The van der Waals surface area contributed by atoms with Crippen molar-refractivity contribution in [1.82, 2.24) is 0 Å². The van der Waals surface area contributed by atoms with Gasteiger partial charge < -0.3 is 0 Å². The standard InChI is InChI=1S/C9H18SSi/c1-11(2,3)9(10)8-6-4-5-7-8/h8H,4-7H2,1-3H3. The second-order valence-corrected chi connectivity index (χ2v) is 10.4. The highest BCUT2D eigenvalue weighted by atomic mass is 32.1. The van der Waals surface area contributed by atoms with Crippen LogP contribution >= 0.6 is 12.2 Å². The van der Waals surface area contributed by atoms with Gasteiger partial charge in [-0.2, -0.15) is 0 Å². The summed E-state index contributed by atoms with van der Waals surface area (Å²) in [4.78, 5) is 0. The topological polar surface area (TPSA) is 0 Å². The fourth-order valence-electron chi connectivity index (χ4n) is 1.80. The molecule has 0 atom stereocenters. The van der Waals surface area contributed by atoms with Crippen molar-refractivity contribution in [2.75, 3.05) is 0 Å². The highest BCUT2D eigenvalue weighted by Gasteiger charge is 2.28. The summed E-state index contributed by atoms with van der Waals surface area (Å²) in [7, 11) is -1.09. The minimum atomic E-state index is -1.09. The molecular formula is C9H18SSi. The first-order chi connectivity index (χ1) is 5.02. The first kappa shape index (κ1) is 9.40. The third-order valence-corrected chi connectivity index (χ3v) is 6.52. The van der Waals surface area contributed by atoms with E-state index >= 15 is 0 Å². The average molecular weight is 186 g/mol. The Kier molecular flexibility index (Phi) is 2.87. The molecule has 11 heavy (non-hydrogen) atoms. The van der Waals surface area contributed by atoms with Gasteiger partial charge in [0.05, 0.1) is 8.07 Å². The molecule has 1 rings (SSSR count). The summed E-state index contributed by atoms with van der Waals surface area (Å²) in [5.74, 6) is 0.816. The summed E-state index contributed by atoms with van der Waals surface area (Å²) < 4.78 is 1.44. The second-order valence-electron chi connectivity index (χ2n) is 4.60. The SMILES string of the molecule is C[Si](C)(C)C(=S)C1CCCC1. The fraction of sp³-hybridized carbons (Fsp3) is 0.889. The zero-order valence-electron chi connectivity index (χ0n) is 7.81. The van der Waals surface area contributed by atoms with Gasteiger partial charge >= 0.3 is 0 Å². The maximum atomic E-state index is 5.51. The third-order valence-electron chi connectivity index (χ3n) is 2.47. The van der Waals surface area contributed by atoms with E-state index in [2.05, 4.69) is 19.6 Å². The summed E-state index contributed by atoms with van der Waals surface area (Å²) >= 11 is 5.51. The molecule has 2 heteroatoms. The van der Waals surface area contributed by atoms with E-state index in [1.807, 2.05) is 0 Å². The van der Waals surface area contributed by atoms with E-state index in [1.165, 1.54) is 30.2 Å². The lowest BCUT2D eigenvalue weighted by molar-refractivity contribution is 0.745. The van der Waals surface area contributed by atoms with Gasteiger partial charge in [0.15, 0.2) is 0 Å². The first-order valence-corrected chi connectivity index (χ1v) is 8.47. The Labute approximate surface area is 76.4 Å². The Hall–Kier alpha value is 0.307. The molecule has 64 valence electrons. The predicted molar refractivity (Wildman–Crippen MR) is 57.9 cm³/mol. The molecule has 0 unspecified atom stereocenters. The Morgan fingerprint density at radius 2 is 1.64 bits per heavy atom. The Morgan fingerprint density at radius 1 is 1.18 bits per heavy atom. The molecule has 0 aromatic carbocycles. The molecule has 0 bridgehead atoms. The van der Waals surface area contributed by atoms with E-state index in [1.54, 1.807) is 0 Å². The van der Waals surface area contributed by atoms with E-state index in [4.69, 9.17) is 12.2 Å². The lowest BCUT2D eigenvalue weighted by Crippen LogP contribution is -2.36. The van der Waals surface area contributed by atoms with Crippen LogP contribution in [0, 0.1) is 5.92 Å². The summed E-state index contributed by atoms with van der Waals surface area (Å²) in [6.07, 6.45) is 5.58. The highest BCUT2D eigenvalue weighted by molar-refractivity contribution is 7.85. The van der Waals surface area contributed by atoms with Crippen molar-refractivity contribution in [3.05, 3.63) is 0 Å². The number of hydrogen-bond donors (Lipinski definition) is 0. The van der Waals surface area contributed by atoms with Crippen molar-refractivity contribution < 1.29 is 0 Å². The van der Waals surface area contributed by atoms with Crippen molar-refractivity contribution in [2.45, 2.75) is 45.3 Å². The fourth-order valence-corrected chi connectivity index (χ4v) is 3.55. The normalized spacial score (nSPS) is 20.6. The van der Waals surface area contributed by atoms with Crippen LogP contribution < -0.4 is 0 Å². The van der Waals surface area contributed by atoms with Crippen molar-refractivity contribution in [1.29, 1.82) is 0 Å². The van der Waals surface area contributed by atoms with E-state index in [9.17, 15) is 0 Å². The Balaban J connectivity index is 2.53. The summed E-state index contributed by atoms with van der Waals surface area (Å²) in [5, 5.41) is 0. The minimum absolute atomic E-state index is 0.816. The average Bonchev–Trinajstić information content (AvgIpc) is 2.34. The molecule has 1 aliphatic carbocycles. The molecule has 1 aliphatic rings. The van der Waals surface area contributed by atoms with E-state index in [0.29, 0.717) is 0 Å². The van der Waals surface area contributed by atoms with Crippen LogP contribution in [-0.4, -0.2) is 12.6 Å². The molecule has 0 N–H and O–H groups in total. The summed E-state index contributed by atoms with van der Waals surface area (Å²) in [6.45, 7) is 7.11. The lowest BCUT2D eigenvalue weighted by atomic mass is 10.1. The maximum Gasteiger partial charge on any atom is 0.0866 e. The smallest absolute Gasteiger partial charge is 0.0866 e. The molecule has 0 aromatic heterocycles. The van der Waals surface area contributed by atoms with E-state index in [-0.39, 0.29) is 0 Å². The molecule has 1 saturated carbocycles. The number of hydrogen-bond acceptors (Lipinski definition) is 1. The van der Waals surface area contributed by atoms with Crippen LogP contribution in [0.3, 0.4) is 0 Å². The predicted octanol–water partition coefficient (Wildman–Crippen LogP) is 3.42. The lowest BCUT2D eigenvalue weighted by Gasteiger charge is -2.22. The van der Waals surface area contributed by atoms with E-state index in [0.717, 1.165) is 5.92 Å².